The molecule has 0 radical (unpaired) electrons. The van der Waals surface area contributed by atoms with Gasteiger partial charge in [-0.05, 0) is 12.8 Å². The molecular weight excluding hydrogens is 110 g/mol. The van der Waals surface area contributed by atoms with Crippen molar-refractivity contribution in [2.24, 2.45) is 0 Å². The number of rotatable bonds is 1. The summed E-state index contributed by atoms with van der Waals surface area (Å²) in [7, 11) is 0. The van der Waals surface area contributed by atoms with Gasteiger partial charge in [-0.1, -0.05) is 0 Å². The molecular formula is C4H7NO3. The summed E-state index contributed by atoms with van der Waals surface area (Å²) in [4.78, 5) is 9.78. The fraction of sp³-hybridized carbons (Fsp3) is 0.750. The van der Waals surface area contributed by atoms with Gasteiger partial charge < -0.3 is 10.2 Å². The second kappa shape index (κ2) is 1.35. The topological polar surface area (TPSA) is 69.6 Å². The number of carbonyl (C=O) groups is 1. The van der Waals surface area contributed by atoms with Crippen LogP contribution in [0, 0.1) is 0 Å². The van der Waals surface area contributed by atoms with Crippen molar-refractivity contribution in [2.45, 2.75) is 18.6 Å². The van der Waals surface area contributed by atoms with Crippen molar-refractivity contribution in [1.82, 2.24) is 5.32 Å². The molecule has 1 aliphatic carbocycles. The van der Waals surface area contributed by atoms with Gasteiger partial charge in [0.1, 0.15) is 5.72 Å². The molecule has 0 aliphatic heterocycles. The summed E-state index contributed by atoms with van der Waals surface area (Å²) in [5.74, 6) is 0. The van der Waals surface area contributed by atoms with Crippen LogP contribution in [0.4, 0.5) is 4.79 Å². The lowest BCUT2D eigenvalue weighted by Gasteiger charge is -2.03. The van der Waals surface area contributed by atoms with Gasteiger partial charge in [0.25, 0.3) is 0 Å². The van der Waals surface area contributed by atoms with Crippen LogP contribution in [0.15, 0.2) is 0 Å². The first-order valence-electron chi connectivity index (χ1n) is 2.36. The van der Waals surface area contributed by atoms with Crippen LogP contribution in [0.1, 0.15) is 12.8 Å². The normalized spacial score (nSPS) is 22.1. The van der Waals surface area contributed by atoms with Crippen molar-refractivity contribution in [3.05, 3.63) is 0 Å². The number of hydrogen-bond donors (Lipinski definition) is 3. The van der Waals surface area contributed by atoms with Gasteiger partial charge in [-0.3, -0.25) is 5.32 Å². The first kappa shape index (κ1) is 5.37. The van der Waals surface area contributed by atoms with E-state index in [1.807, 2.05) is 5.32 Å². The quantitative estimate of drug-likeness (QED) is 0.414. The van der Waals surface area contributed by atoms with E-state index >= 15 is 0 Å². The number of carboxylic acid groups (broad SMARTS) is 1. The summed E-state index contributed by atoms with van der Waals surface area (Å²) < 4.78 is 0. The Morgan fingerprint density at radius 2 is 2.12 bits per heavy atom. The van der Waals surface area contributed by atoms with Gasteiger partial charge in [-0.25, -0.2) is 4.79 Å². The van der Waals surface area contributed by atoms with Gasteiger partial charge in [0.05, 0.1) is 0 Å². The van der Waals surface area contributed by atoms with Crippen LogP contribution in [-0.4, -0.2) is 22.0 Å². The van der Waals surface area contributed by atoms with Crippen molar-refractivity contribution in [3.8, 4) is 0 Å². The molecule has 1 saturated carbocycles. The van der Waals surface area contributed by atoms with Gasteiger partial charge >= 0.3 is 6.09 Å². The van der Waals surface area contributed by atoms with E-state index in [1.165, 1.54) is 0 Å². The van der Waals surface area contributed by atoms with Gasteiger partial charge in [-0.15, -0.1) is 0 Å². The fourth-order valence-corrected chi connectivity index (χ4v) is 0.442. The van der Waals surface area contributed by atoms with E-state index in [2.05, 4.69) is 0 Å². The largest absolute Gasteiger partial charge is 0.465 e. The molecule has 4 nitrogen and oxygen atoms in total. The van der Waals surface area contributed by atoms with E-state index in [-0.39, 0.29) is 0 Å². The first-order valence-corrected chi connectivity index (χ1v) is 2.36. The third kappa shape index (κ3) is 1.10. The Labute approximate surface area is 46.1 Å². The molecule has 0 aromatic rings. The standard InChI is InChI=1S/C4H7NO3/c6-3(7)5-4(8)1-2-4/h5,8H,1-2H2,(H,6,7). The lowest BCUT2D eigenvalue weighted by atomic mass is 10.6. The maximum atomic E-state index is 9.78. The molecule has 0 spiro atoms. The van der Waals surface area contributed by atoms with Crippen LogP contribution in [0.3, 0.4) is 0 Å². The van der Waals surface area contributed by atoms with Crippen LogP contribution in [0.2, 0.25) is 0 Å². The van der Waals surface area contributed by atoms with Gasteiger partial charge in [0.2, 0.25) is 0 Å². The van der Waals surface area contributed by atoms with Crippen molar-refractivity contribution < 1.29 is 15.0 Å². The SMILES string of the molecule is O=C(O)NC1(O)CC1. The average Bonchev–Trinajstić information content (AvgIpc) is 2.17. The Morgan fingerprint density at radius 1 is 1.62 bits per heavy atom. The number of amides is 1. The number of hydrogen-bond acceptors (Lipinski definition) is 2. The molecule has 0 bridgehead atoms. The first-order chi connectivity index (χ1) is 3.62. The lowest BCUT2D eigenvalue weighted by Crippen LogP contribution is -2.34. The summed E-state index contributed by atoms with van der Waals surface area (Å²) in [5.41, 5.74) is -1.08. The Bertz CT molecular complexity index is 118. The Hall–Kier alpha value is -0.770. The highest BCUT2D eigenvalue weighted by molar-refractivity contribution is 5.65. The van der Waals surface area contributed by atoms with Crippen molar-refractivity contribution in [2.75, 3.05) is 0 Å². The zero-order valence-corrected chi connectivity index (χ0v) is 4.22. The smallest absolute Gasteiger partial charge is 0.406 e. The van der Waals surface area contributed by atoms with Gasteiger partial charge in [-0.2, -0.15) is 0 Å². The molecule has 0 saturated heterocycles. The molecule has 3 N–H and O–H groups in total. The minimum Gasteiger partial charge on any atom is -0.465 e. The molecule has 46 valence electrons. The van der Waals surface area contributed by atoms with Crippen molar-refractivity contribution in [1.29, 1.82) is 0 Å². The monoisotopic (exact) mass is 117 g/mol. The molecule has 0 aromatic carbocycles. The van der Waals surface area contributed by atoms with E-state index in [4.69, 9.17) is 10.2 Å². The summed E-state index contributed by atoms with van der Waals surface area (Å²) in [6, 6.07) is 0. The predicted molar refractivity (Wildman–Crippen MR) is 25.3 cm³/mol. The predicted octanol–water partition coefficient (Wildman–Crippen LogP) is -0.264. The molecule has 8 heavy (non-hydrogen) atoms. The van der Waals surface area contributed by atoms with Crippen LogP contribution >= 0.6 is 0 Å². The molecule has 0 atom stereocenters. The average molecular weight is 117 g/mol. The number of nitrogens with one attached hydrogen (secondary N) is 1. The van der Waals surface area contributed by atoms with Gasteiger partial charge in [0.15, 0.2) is 0 Å². The Morgan fingerprint density at radius 3 is 2.25 bits per heavy atom. The maximum absolute atomic E-state index is 9.78. The minimum atomic E-state index is -1.16. The molecule has 1 aliphatic rings. The van der Waals surface area contributed by atoms with Crippen LogP contribution in [0.5, 0.6) is 0 Å². The maximum Gasteiger partial charge on any atom is 0.406 e. The van der Waals surface area contributed by atoms with Crippen LogP contribution in [-0.2, 0) is 0 Å². The van der Waals surface area contributed by atoms with Crippen molar-refractivity contribution in [3.63, 3.8) is 0 Å². The molecule has 1 fully saturated rings. The zero-order chi connectivity index (χ0) is 6.20. The van der Waals surface area contributed by atoms with Crippen LogP contribution < -0.4 is 5.32 Å². The van der Waals surface area contributed by atoms with E-state index in [9.17, 15) is 4.79 Å². The van der Waals surface area contributed by atoms with Crippen molar-refractivity contribution >= 4 is 6.09 Å². The van der Waals surface area contributed by atoms with Crippen LogP contribution in [0.25, 0.3) is 0 Å². The summed E-state index contributed by atoms with van der Waals surface area (Å²) in [6.07, 6.45) is -0.0801. The zero-order valence-electron chi connectivity index (χ0n) is 4.22. The Balaban J connectivity index is 2.29. The summed E-state index contributed by atoms with van der Waals surface area (Å²) in [6.45, 7) is 0. The van der Waals surface area contributed by atoms with Gasteiger partial charge in [0, 0.05) is 0 Å². The van der Waals surface area contributed by atoms with E-state index in [1.54, 1.807) is 0 Å². The highest BCUT2D eigenvalue weighted by atomic mass is 16.4. The third-order valence-electron chi connectivity index (χ3n) is 1.06. The Kier molecular flexibility index (Phi) is 0.907. The third-order valence-corrected chi connectivity index (χ3v) is 1.06. The molecule has 1 rings (SSSR count). The lowest BCUT2D eigenvalue weighted by molar-refractivity contribution is 0.102. The molecule has 0 heterocycles. The molecule has 4 heteroatoms. The summed E-state index contributed by atoms with van der Waals surface area (Å²) in [5, 5.41) is 18.8. The highest BCUT2D eigenvalue weighted by Gasteiger charge is 2.41. The second-order valence-corrected chi connectivity index (χ2v) is 1.96. The summed E-state index contributed by atoms with van der Waals surface area (Å²) >= 11 is 0. The van der Waals surface area contributed by atoms with E-state index in [0.717, 1.165) is 0 Å². The fourth-order valence-electron chi connectivity index (χ4n) is 0.442. The molecule has 0 aromatic heterocycles. The highest BCUT2D eigenvalue weighted by Crippen LogP contribution is 2.31. The molecule has 0 unspecified atom stereocenters. The number of aliphatic hydroxyl groups is 1. The van der Waals surface area contributed by atoms with E-state index < -0.39 is 11.8 Å². The molecule has 1 amide bonds. The van der Waals surface area contributed by atoms with E-state index in [0.29, 0.717) is 12.8 Å². The second-order valence-electron chi connectivity index (χ2n) is 1.96. The minimum absolute atomic E-state index is 0.541.